The van der Waals surface area contributed by atoms with Gasteiger partial charge in [0.15, 0.2) is 14.1 Å². The number of ether oxygens (including phenoxy) is 2. The SMILES string of the molecule is C=CCOC(=O)NCCN(CCC(=O)CN1CC([C@@H](C)O[Si](C)(C)C(C)(C)C)C1=O)C(=O)OCC=C. The second-order valence-corrected chi connectivity index (χ2v) is 15.1. The fourth-order valence-corrected chi connectivity index (χ4v) is 4.74. The molecule has 1 saturated heterocycles. The van der Waals surface area contributed by atoms with Crippen LogP contribution in [0.15, 0.2) is 25.3 Å². The first-order valence-corrected chi connectivity index (χ1v) is 15.2. The van der Waals surface area contributed by atoms with Gasteiger partial charge in [0.05, 0.1) is 18.6 Å². The average Bonchev–Trinajstić information content (AvgIpc) is 2.79. The predicted octanol–water partition coefficient (Wildman–Crippen LogP) is 3.35. The van der Waals surface area contributed by atoms with E-state index in [0.29, 0.717) is 6.54 Å². The third kappa shape index (κ3) is 9.77. The lowest BCUT2D eigenvalue weighted by Gasteiger charge is -2.45. The molecule has 11 heteroatoms. The number of nitrogens with zero attached hydrogens (tertiary/aromatic N) is 2. The van der Waals surface area contributed by atoms with Gasteiger partial charge in [0.2, 0.25) is 5.91 Å². The summed E-state index contributed by atoms with van der Waals surface area (Å²) in [5.41, 5.74) is 0. The highest BCUT2D eigenvalue weighted by Crippen LogP contribution is 2.39. The lowest BCUT2D eigenvalue weighted by atomic mass is 9.93. The van der Waals surface area contributed by atoms with Crippen LogP contribution < -0.4 is 5.32 Å². The quantitative estimate of drug-likeness (QED) is 0.198. The van der Waals surface area contributed by atoms with Crippen LogP contribution in [0.25, 0.3) is 0 Å². The Bertz CT molecular complexity index is 810. The molecule has 1 rings (SSSR count). The molecule has 0 aliphatic carbocycles. The standard InChI is InChI=1S/C25H43N3O7Si/c1-9-15-33-23(31)26-12-14-27(24(32)34-16-10-2)13-11-20(29)17-28-18-21(22(28)30)19(3)35-36(7,8)25(4,5)6/h9-10,19,21H,1-2,11-18H2,3-8H3,(H,26,31)/t19-,21?/m1/s1. The number of Topliss-reactive ketones (excluding diaryl/α,β-unsaturated/α-hetero) is 1. The van der Waals surface area contributed by atoms with Crippen LogP contribution in [-0.4, -0.2) is 94.0 Å². The molecule has 2 atom stereocenters. The topological polar surface area (TPSA) is 114 Å². The molecule has 0 aromatic carbocycles. The molecular formula is C25H43N3O7Si. The molecule has 1 heterocycles. The number of hydrogen-bond acceptors (Lipinski definition) is 7. The van der Waals surface area contributed by atoms with Crippen molar-refractivity contribution in [1.82, 2.24) is 15.1 Å². The highest BCUT2D eigenvalue weighted by Gasteiger charge is 2.45. The van der Waals surface area contributed by atoms with Gasteiger partial charge in [0.25, 0.3) is 0 Å². The third-order valence-corrected chi connectivity index (χ3v) is 11.1. The zero-order valence-electron chi connectivity index (χ0n) is 22.6. The smallest absolute Gasteiger partial charge is 0.410 e. The maximum atomic E-state index is 12.7. The van der Waals surface area contributed by atoms with Crippen molar-refractivity contribution in [3.8, 4) is 0 Å². The molecule has 3 amide bonds. The van der Waals surface area contributed by atoms with Gasteiger partial charge in [-0.2, -0.15) is 0 Å². The minimum Gasteiger partial charge on any atom is -0.445 e. The van der Waals surface area contributed by atoms with Crippen molar-refractivity contribution >= 4 is 32.2 Å². The summed E-state index contributed by atoms with van der Waals surface area (Å²) in [5, 5.41) is 2.56. The fraction of sp³-hybridized carbons (Fsp3) is 0.680. The first kappa shape index (κ1) is 31.4. The molecule has 0 spiro atoms. The minimum absolute atomic E-state index is 0.0101. The van der Waals surface area contributed by atoms with E-state index in [9.17, 15) is 19.2 Å². The van der Waals surface area contributed by atoms with Crippen molar-refractivity contribution in [3.63, 3.8) is 0 Å². The molecule has 0 bridgehead atoms. The van der Waals surface area contributed by atoms with Crippen molar-refractivity contribution in [1.29, 1.82) is 0 Å². The summed E-state index contributed by atoms with van der Waals surface area (Å²) in [7, 11) is -2.00. The van der Waals surface area contributed by atoms with Crippen LogP contribution in [0.5, 0.6) is 0 Å². The summed E-state index contributed by atoms with van der Waals surface area (Å²) in [6.07, 6.45) is 1.47. The number of carbonyl (C=O) groups is 4. The van der Waals surface area contributed by atoms with Crippen LogP contribution in [0.3, 0.4) is 0 Å². The van der Waals surface area contributed by atoms with Gasteiger partial charge in [-0.3, -0.25) is 9.59 Å². The van der Waals surface area contributed by atoms with Crippen LogP contribution in [0.2, 0.25) is 18.1 Å². The number of alkyl carbamates (subject to hydrolysis) is 1. The van der Waals surface area contributed by atoms with Crippen molar-refractivity contribution in [2.24, 2.45) is 5.92 Å². The van der Waals surface area contributed by atoms with Gasteiger partial charge in [0, 0.05) is 32.6 Å². The van der Waals surface area contributed by atoms with Crippen molar-refractivity contribution in [2.75, 3.05) is 45.9 Å². The Kier molecular flexibility index (Phi) is 12.3. The molecular weight excluding hydrogens is 482 g/mol. The Labute approximate surface area is 216 Å². The highest BCUT2D eigenvalue weighted by atomic mass is 28.4. The van der Waals surface area contributed by atoms with Gasteiger partial charge in [0.1, 0.15) is 13.2 Å². The van der Waals surface area contributed by atoms with Gasteiger partial charge in [-0.1, -0.05) is 46.1 Å². The fourth-order valence-electron chi connectivity index (χ4n) is 3.29. The Morgan fingerprint density at radius 1 is 1.17 bits per heavy atom. The molecule has 204 valence electrons. The first-order valence-electron chi connectivity index (χ1n) is 12.3. The maximum Gasteiger partial charge on any atom is 0.410 e. The number of hydrogen-bond donors (Lipinski definition) is 1. The summed E-state index contributed by atoms with van der Waals surface area (Å²) in [6, 6.07) is 0. The van der Waals surface area contributed by atoms with E-state index >= 15 is 0 Å². The Morgan fingerprint density at radius 3 is 2.33 bits per heavy atom. The monoisotopic (exact) mass is 525 g/mol. The van der Waals surface area contributed by atoms with Crippen molar-refractivity contribution in [2.45, 2.75) is 58.4 Å². The Balaban J connectivity index is 2.54. The largest absolute Gasteiger partial charge is 0.445 e. The van der Waals surface area contributed by atoms with E-state index in [1.54, 1.807) is 0 Å². The van der Waals surface area contributed by atoms with Crippen LogP contribution in [0.1, 0.15) is 34.1 Å². The molecule has 1 N–H and O–H groups in total. The van der Waals surface area contributed by atoms with E-state index in [-0.39, 0.29) is 74.6 Å². The second kappa shape index (κ2) is 14.2. The zero-order valence-corrected chi connectivity index (χ0v) is 23.6. The Morgan fingerprint density at radius 2 is 1.78 bits per heavy atom. The Hall–Kier alpha value is -2.66. The summed E-state index contributed by atoms with van der Waals surface area (Å²) >= 11 is 0. The maximum absolute atomic E-state index is 12.7. The summed E-state index contributed by atoms with van der Waals surface area (Å²) in [4.78, 5) is 52.0. The average molecular weight is 526 g/mol. The number of carbonyl (C=O) groups excluding carboxylic acids is 4. The number of β-lactam (4-membered cyclic amide) rings is 1. The number of likely N-dealkylation sites (tertiary alicyclic amines) is 1. The van der Waals surface area contributed by atoms with E-state index in [0.717, 1.165) is 0 Å². The lowest BCUT2D eigenvalue weighted by molar-refractivity contribution is -0.155. The van der Waals surface area contributed by atoms with Crippen LogP contribution in [-0.2, 0) is 23.5 Å². The summed E-state index contributed by atoms with van der Waals surface area (Å²) in [5.74, 6) is -0.497. The van der Waals surface area contributed by atoms with E-state index in [1.165, 1.54) is 22.0 Å². The van der Waals surface area contributed by atoms with E-state index < -0.39 is 20.5 Å². The highest BCUT2D eigenvalue weighted by molar-refractivity contribution is 6.74. The zero-order chi connectivity index (χ0) is 27.5. The van der Waals surface area contributed by atoms with Crippen LogP contribution >= 0.6 is 0 Å². The number of ketones is 1. The van der Waals surface area contributed by atoms with Gasteiger partial charge >= 0.3 is 12.2 Å². The summed E-state index contributed by atoms with van der Waals surface area (Å²) < 4.78 is 16.2. The normalized spacial score (nSPS) is 16.4. The number of nitrogens with one attached hydrogen (secondary N) is 1. The van der Waals surface area contributed by atoms with Gasteiger partial charge in [-0.25, -0.2) is 9.59 Å². The van der Waals surface area contributed by atoms with Crippen molar-refractivity contribution < 1.29 is 33.1 Å². The van der Waals surface area contributed by atoms with E-state index in [4.69, 9.17) is 13.9 Å². The molecule has 1 unspecified atom stereocenters. The van der Waals surface area contributed by atoms with Gasteiger partial charge < -0.3 is 29.0 Å². The molecule has 0 saturated carbocycles. The van der Waals surface area contributed by atoms with Crippen LogP contribution in [0.4, 0.5) is 9.59 Å². The molecule has 1 fully saturated rings. The van der Waals surface area contributed by atoms with Gasteiger partial charge in [-0.05, 0) is 25.1 Å². The molecule has 0 radical (unpaired) electrons. The second-order valence-electron chi connectivity index (χ2n) is 10.4. The van der Waals surface area contributed by atoms with Gasteiger partial charge in [-0.15, -0.1) is 0 Å². The predicted molar refractivity (Wildman–Crippen MR) is 140 cm³/mol. The molecule has 0 aromatic rings. The lowest BCUT2D eigenvalue weighted by Crippen LogP contribution is -2.60. The van der Waals surface area contributed by atoms with E-state index in [2.05, 4.69) is 52.3 Å². The third-order valence-electron chi connectivity index (χ3n) is 6.49. The minimum atomic E-state index is -2.00. The molecule has 0 aromatic heterocycles. The number of rotatable bonds is 15. The first-order chi connectivity index (χ1) is 16.7. The molecule has 10 nitrogen and oxygen atoms in total. The van der Waals surface area contributed by atoms with E-state index in [1.807, 2.05) is 6.92 Å². The van der Waals surface area contributed by atoms with Crippen molar-refractivity contribution in [3.05, 3.63) is 25.3 Å². The molecule has 1 aliphatic heterocycles. The molecule has 1 aliphatic rings. The molecule has 36 heavy (non-hydrogen) atoms. The summed E-state index contributed by atoms with van der Waals surface area (Å²) in [6.45, 7) is 20.6. The van der Waals surface area contributed by atoms with Crippen LogP contribution in [0, 0.1) is 5.92 Å². The number of amides is 3.